The van der Waals surface area contributed by atoms with Gasteiger partial charge in [-0.3, -0.25) is 5.10 Å². The Morgan fingerprint density at radius 3 is 2.50 bits per heavy atom. The van der Waals surface area contributed by atoms with Crippen LogP contribution in [-0.2, 0) is 0 Å². The van der Waals surface area contributed by atoms with E-state index >= 15 is 0 Å². The summed E-state index contributed by atoms with van der Waals surface area (Å²) in [5, 5.41) is 6.88. The molecule has 0 amide bonds. The van der Waals surface area contributed by atoms with Crippen LogP contribution in [0.4, 0.5) is 0 Å². The van der Waals surface area contributed by atoms with E-state index in [9.17, 15) is 0 Å². The molecule has 4 heteroatoms. The smallest absolute Gasteiger partial charge is 0.118 e. The molecular weight excluding hydrogens is 291 g/mol. The Kier molecular flexibility index (Phi) is 2.72. The van der Waals surface area contributed by atoms with Crippen LogP contribution in [0.25, 0.3) is 11.1 Å². The summed E-state index contributed by atoms with van der Waals surface area (Å²) in [6.07, 6.45) is 1.82. The van der Waals surface area contributed by atoms with Crippen LogP contribution in [0.1, 0.15) is 0 Å². The molecule has 0 atom stereocenters. The highest BCUT2D eigenvalue weighted by Crippen LogP contribution is 2.24. The number of benzene rings is 1. The zero-order valence-electron chi connectivity index (χ0n) is 7.62. The number of hydrogen-bond donors (Lipinski definition) is 1. The number of nitrogens with zero attached hydrogens (tertiary/aromatic N) is 1. The Bertz CT molecular complexity index is 422. The lowest BCUT2D eigenvalue weighted by molar-refractivity contribution is 0.415. The average molecular weight is 300 g/mol. The lowest BCUT2D eigenvalue weighted by Crippen LogP contribution is -1.82. The van der Waals surface area contributed by atoms with Crippen molar-refractivity contribution in [2.24, 2.45) is 0 Å². The normalized spacial score (nSPS) is 10.1. The molecule has 0 radical (unpaired) electrons. The van der Waals surface area contributed by atoms with Crippen molar-refractivity contribution in [1.82, 2.24) is 10.2 Å². The summed E-state index contributed by atoms with van der Waals surface area (Å²) in [6, 6.07) is 7.93. The number of ether oxygens (including phenoxy) is 1. The number of aromatic amines is 1. The maximum absolute atomic E-state index is 5.09. The summed E-state index contributed by atoms with van der Waals surface area (Å²) in [6.45, 7) is 0. The molecule has 14 heavy (non-hydrogen) atoms. The molecule has 0 aliphatic carbocycles. The predicted molar refractivity (Wildman–Crippen MR) is 63.3 cm³/mol. The van der Waals surface area contributed by atoms with E-state index in [-0.39, 0.29) is 0 Å². The molecule has 0 aliphatic heterocycles. The quantitative estimate of drug-likeness (QED) is 0.866. The largest absolute Gasteiger partial charge is 0.497 e. The molecule has 1 heterocycles. The molecule has 0 bridgehead atoms. The van der Waals surface area contributed by atoms with Gasteiger partial charge in [0.1, 0.15) is 9.45 Å². The van der Waals surface area contributed by atoms with E-state index in [0.29, 0.717) is 0 Å². The van der Waals surface area contributed by atoms with Crippen LogP contribution in [0, 0.1) is 3.70 Å². The van der Waals surface area contributed by atoms with Gasteiger partial charge < -0.3 is 4.74 Å². The highest BCUT2D eigenvalue weighted by Gasteiger charge is 2.04. The fourth-order valence-corrected chi connectivity index (χ4v) is 1.83. The second kappa shape index (κ2) is 4.00. The van der Waals surface area contributed by atoms with E-state index in [2.05, 4.69) is 32.8 Å². The van der Waals surface area contributed by atoms with Crippen LogP contribution in [-0.4, -0.2) is 17.3 Å². The number of hydrogen-bond acceptors (Lipinski definition) is 2. The van der Waals surface area contributed by atoms with Gasteiger partial charge in [-0.05, 0) is 40.3 Å². The molecule has 1 N–H and O–H groups in total. The third kappa shape index (κ3) is 1.75. The minimum absolute atomic E-state index is 0.868. The maximum atomic E-state index is 5.09. The van der Waals surface area contributed by atoms with Gasteiger partial charge in [0.05, 0.1) is 13.3 Å². The molecule has 0 unspecified atom stereocenters. The van der Waals surface area contributed by atoms with E-state index in [0.717, 1.165) is 20.6 Å². The molecule has 0 saturated carbocycles. The van der Waals surface area contributed by atoms with Gasteiger partial charge in [0, 0.05) is 5.56 Å². The Morgan fingerprint density at radius 1 is 1.29 bits per heavy atom. The monoisotopic (exact) mass is 300 g/mol. The molecule has 0 aliphatic rings. The van der Waals surface area contributed by atoms with E-state index in [1.54, 1.807) is 7.11 Å². The first-order chi connectivity index (χ1) is 6.81. The van der Waals surface area contributed by atoms with Gasteiger partial charge in [-0.25, -0.2) is 0 Å². The molecule has 3 nitrogen and oxygen atoms in total. The highest BCUT2D eigenvalue weighted by atomic mass is 127. The van der Waals surface area contributed by atoms with E-state index in [1.165, 1.54) is 0 Å². The lowest BCUT2D eigenvalue weighted by Gasteiger charge is -2.01. The van der Waals surface area contributed by atoms with Crippen LogP contribution in [0.15, 0.2) is 30.5 Å². The Hall–Kier alpha value is -1.04. The minimum Gasteiger partial charge on any atom is -0.497 e. The zero-order chi connectivity index (χ0) is 9.97. The predicted octanol–water partition coefficient (Wildman–Crippen LogP) is 2.69. The van der Waals surface area contributed by atoms with Gasteiger partial charge in [0.25, 0.3) is 0 Å². The molecular formula is C10H9IN2O. The SMILES string of the molecule is COc1ccc(-c2cn[nH]c2I)cc1. The first-order valence-corrected chi connectivity index (χ1v) is 5.22. The van der Waals surface area contributed by atoms with Crippen molar-refractivity contribution >= 4 is 22.6 Å². The fourth-order valence-electron chi connectivity index (χ4n) is 1.24. The molecule has 1 aromatic heterocycles. The summed E-state index contributed by atoms with van der Waals surface area (Å²) in [7, 11) is 1.66. The number of methoxy groups -OCH3 is 1. The van der Waals surface area contributed by atoms with E-state index in [4.69, 9.17) is 4.74 Å². The van der Waals surface area contributed by atoms with Crippen molar-refractivity contribution in [3.63, 3.8) is 0 Å². The van der Waals surface area contributed by atoms with Gasteiger partial charge in [-0.2, -0.15) is 5.10 Å². The van der Waals surface area contributed by atoms with Crippen LogP contribution in [0.2, 0.25) is 0 Å². The second-order valence-electron chi connectivity index (χ2n) is 2.83. The summed E-state index contributed by atoms with van der Waals surface area (Å²) in [5.41, 5.74) is 2.26. The van der Waals surface area contributed by atoms with Crippen LogP contribution < -0.4 is 4.74 Å². The number of nitrogens with one attached hydrogen (secondary N) is 1. The Morgan fingerprint density at radius 2 is 2.00 bits per heavy atom. The average Bonchev–Trinajstić information content (AvgIpc) is 2.65. The van der Waals surface area contributed by atoms with Crippen LogP contribution in [0.3, 0.4) is 0 Å². The summed E-state index contributed by atoms with van der Waals surface area (Å²) < 4.78 is 6.14. The van der Waals surface area contributed by atoms with Crippen LogP contribution >= 0.6 is 22.6 Å². The maximum Gasteiger partial charge on any atom is 0.118 e. The van der Waals surface area contributed by atoms with Gasteiger partial charge >= 0.3 is 0 Å². The van der Waals surface area contributed by atoms with Gasteiger partial charge in [-0.1, -0.05) is 12.1 Å². The van der Waals surface area contributed by atoms with Crippen LogP contribution in [0.5, 0.6) is 5.75 Å². The standard InChI is InChI=1S/C10H9IN2O/c1-14-8-4-2-7(3-5-8)9-6-12-13-10(9)11/h2-6H,1H3,(H,12,13). The Balaban J connectivity index is 2.39. The minimum atomic E-state index is 0.868. The zero-order valence-corrected chi connectivity index (χ0v) is 9.78. The molecule has 72 valence electrons. The summed E-state index contributed by atoms with van der Waals surface area (Å²) >= 11 is 2.23. The fraction of sp³-hybridized carbons (Fsp3) is 0.100. The topological polar surface area (TPSA) is 37.9 Å². The van der Waals surface area contributed by atoms with Crippen molar-refractivity contribution in [3.05, 3.63) is 34.2 Å². The van der Waals surface area contributed by atoms with Crippen molar-refractivity contribution in [2.75, 3.05) is 7.11 Å². The third-order valence-electron chi connectivity index (χ3n) is 1.99. The number of aromatic nitrogens is 2. The number of H-pyrrole nitrogens is 1. The lowest BCUT2D eigenvalue weighted by atomic mass is 10.1. The molecule has 0 spiro atoms. The summed E-state index contributed by atoms with van der Waals surface area (Å²) in [5.74, 6) is 0.868. The van der Waals surface area contributed by atoms with Gasteiger partial charge in [0.2, 0.25) is 0 Å². The molecule has 2 aromatic rings. The molecule has 0 saturated heterocycles. The van der Waals surface area contributed by atoms with E-state index in [1.807, 2.05) is 30.5 Å². The van der Waals surface area contributed by atoms with Crippen molar-refractivity contribution < 1.29 is 4.74 Å². The third-order valence-corrected chi connectivity index (χ3v) is 2.82. The van der Waals surface area contributed by atoms with Gasteiger partial charge in [0.15, 0.2) is 0 Å². The number of rotatable bonds is 2. The highest BCUT2D eigenvalue weighted by molar-refractivity contribution is 14.1. The molecule has 0 fully saturated rings. The second-order valence-corrected chi connectivity index (χ2v) is 3.90. The molecule has 1 aromatic carbocycles. The first kappa shape index (κ1) is 9.51. The Labute approximate surface area is 95.6 Å². The van der Waals surface area contributed by atoms with Gasteiger partial charge in [-0.15, -0.1) is 0 Å². The number of halogens is 1. The molecule has 2 rings (SSSR count). The van der Waals surface area contributed by atoms with Crippen molar-refractivity contribution in [1.29, 1.82) is 0 Å². The van der Waals surface area contributed by atoms with Crippen molar-refractivity contribution in [2.45, 2.75) is 0 Å². The first-order valence-electron chi connectivity index (χ1n) is 4.14. The van der Waals surface area contributed by atoms with Crippen molar-refractivity contribution in [3.8, 4) is 16.9 Å². The van der Waals surface area contributed by atoms with E-state index < -0.39 is 0 Å². The summed E-state index contributed by atoms with van der Waals surface area (Å²) in [4.78, 5) is 0.